The van der Waals surface area contributed by atoms with Crippen LogP contribution >= 0.6 is 0 Å². The van der Waals surface area contributed by atoms with E-state index < -0.39 is 17.4 Å². The summed E-state index contributed by atoms with van der Waals surface area (Å²) in [5, 5.41) is 0.835. The van der Waals surface area contributed by atoms with Gasteiger partial charge in [-0.3, -0.25) is 19.3 Å². The summed E-state index contributed by atoms with van der Waals surface area (Å²) in [6, 6.07) is 6.68. The van der Waals surface area contributed by atoms with Gasteiger partial charge in [-0.05, 0) is 32.9 Å². The molecule has 0 aromatic heterocycles. The van der Waals surface area contributed by atoms with Crippen LogP contribution in [0.2, 0.25) is 0 Å². The van der Waals surface area contributed by atoms with Crippen LogP contribution in [0.3, 0.4) is 0 Å². The molecule has 0 unspecified atom stereocenters. The lowest BCUT2D eigenvalue weighted by atomic mass is 10.1. The maximum absolute atomic E-state index is 12.2. The quantitative estimate of drug-likeness (QED) is 0.746. The highest BCUT2D eigenvalue weighted by Gasteiger charge is 2.36. The molecule has 1 aromatic carbocycles. The summed E-state index contributed by atoms with van der Waals surface area (Å²) in [6.45, 7) is 8.83. The Morgan fingerprint density at radius 1 is 1.00 bits per heavy atom. The highest BCUT2D eigenvalue weighted by atomic mass is 16.7. The first kappa shape index (κ1) is 19.3. The molecule has 146 valence electrons. The van der Waals surface area contributed by atoms with E-state index in [2.05, 4.69) is 4.90 Å². The molecule has 27 heavy (non-hydrogen) atoms. The van der Waals surface area contributed by atoms with Gasteiger partial charge in [0.05, 0.1) is 17.7 Å². The van der Waals surface area contributed by atoms with E-state index in [0.717, 1.165) is 5.06 Å². The van der Waals surface area contributed by atoms with Gasteiger partial charge in [0.1, 0.15) is 5.60 Å². The SMILES string of the molecule is CC(C)(C)OC(=O)N1CCN(CCON2C(=O)c3ccccc3C2=O)CC1. The van der Waals surface area contributed by atoms with Crippen LogP contribution in [0.1, 0.15) is 41.5 Å². The summed E-state index contributed by atoms with van der Waals surface area (Å²) in [5.74, 6) is -0.851. The molecule has 3 amide bonds. The van der Waals surface area contributed by atoms with Crippen molar-refractivity contribution >= 4 is 17.9 Å². The first-order valence-electron chi connectivity index (χ1n) is 9.07. The summed E-state index contributed by atoms with van der Waals surface area (Å²) < 4.78 is 5.38. The fraction of sp³-hybridized carbons (Fsp3) is 0.526. The van der Waals surface area contributed by atoms with Crippen molar-refractivity contribution in [2.45, 2.75) is 26.4 Å². The molecule has 2 aliphatic rings. The number of ether oxygens (including phenoxy) is 1. The first-order valence-corrected chi connectivity index (χ1v) is 9.07. The van der Waals surface area contributed by atoms with E-state index in [4.69, 9.17) is 9.57 Å². The Bertz CT molecular complexity index is 700. The van der Waals surface area contributed by atoms with Gasteiger partial charge in [-0.2, -0.15) is 0 Å². The van der Waals surface area contributed by atoms with E-state index in [1.165, 1.54) is 0 Å². The molecule has 0 N–H and O–H groups in total. The van der Waals surface area contributed by atoms with Crippen molar-refractivity contribution in [1.82, 2.24) is 14.9 Å². The summed E-state index contributed by atoms with van der Waals surface area (Å²) in [6.07, 6.45) is -0.301. The first-order chi connectivity index (χ1) is 12.8. The normalized spacial score (nSPS) is 18.0. The van der Waals surface area contributed by atoms with Gasteiger partial charge in [0.2, 0.25) is 0 Å². The number of hydrogen-bond donors (Lipinski definition) is 0. The van der Waals surface area contributed by atoms with Gasteiger partial charge >= 0.3 is 6.09 Å². The summed E-state index contributed by atoms with van der Waals surface area (Å²) >= 11 is 0. The zero-order valence-electron chi connectivity index (χ0n) is 15.9. The van der Waals surface area contributed by atoms with Crippen molar-refractivity contribution in [3.63, 3.8) is 0 Å². The van der Waals surface area contributed by atoms with Crippen molar-refractivity contribution in [1.29, 1.82) is 0 Å². The van der Waals surface area contributed by atoms with Gasteiger partial charge in [-0.15, -0.1) is 5.06 Å². The number of amides is 3. The Hall–Kier alpha value is -2.45. The zero-order valence-corrected chi connectivity index (χ0v) is 15.9. The summed E-state index contributed by atoms with van der Waals surface area (Å²) in [7, 11) is 0. The molecule has 3 rings (SSSR count). The molecule has 8 heteroatoms. The number of hydroxylamine groups is 2. The lowest BCUT2D eigenvalue weighted by Crippen LogP contribution is -2.50. The second-order valence-corrected chi connectivity index (χ2v) is 7.59. The number of carbonyl (C=O) groups excluding carboxylic acids is 3. The average molecular weight is 375 g/mol. The van der Waals surface area contributed by atoms with E-state index in [1.807, 2.05) is 20.8 Å². The summed E-state index contributed by atoms with van der Waals surface area (Å²) in [5.41, 5.74) is 0.232. The topological polar surface area (TPSA) is 79.4 Å². The highest BCUT2D eigenvalue weighted by molar-refractivity contribution is 6.20. The molecule has 1 saturated heterocycles. The molecule has 0 spiro atoms. The third kappa shape index (κ3) is 4.45. The molecule has 2 aliphatic heterocycles. The number of rotatable bonds is 4. The van der Waals surface area contributed by atoms with Gasteiger partial charge in [0.25, 0.3) is 11.8 Å². The average Bonchev–Trinajstić information content (AvgIpc) is 2.86. The number of benzene rings is 1. The van der Waals surface area contributed by atoms with E-state index >= 15 is 0 Å². The van der Waals surface area contributed by atoms with Crippen LogP contribution in [-0.4, -0.2) is 77.7 Å². The van der Waals surface area contributed by atoms with E-state index in [-0.39, 0.29) is 12.7 Å². The van der Waals surface area contributed by atoms with Gasteiger partial charge in [-0.1, -0.05) is 12.1 Å². The molecular formula is C19H25N3O5. The fourth-order valence-electron chi connectivity index (χ4n) is 3.03. The van der Waals surface area contributed by atoms with Crippen molar-refractivity contribution < 1.29 is 24.0 Å². The molecule has 1 aromatic rings. The minimum atomic E-state index is -0.506. The highest BCUT2D eigenvalue weighted by Crippen LogP contribution is 2.22. The lowest BCUT2D eigenvalue weighted by molar-refractivity contribution is -0.0970. The minimum absolute atomic E-state index is 0.220. The monoisotopic (exact) mass is 375 g/mol. The Labute approximate surface area is 158 Å². The third-order valence-corrected chi connectivity index (χ3v) is 4.41. The van der Waals surface area contributed by atoms with Gasteiger partial charge in [0.15, 0.2) is 0 Å². The second kappa shape index (κ2) is 7.66. The van der Waals surface area contributed by atoms with Crippen molar-refractivity contribution in [3.8, 4) is 0 Å². The van der Waals surface area contributed by atoms with E-state index in [1.54, 1.807) is 29.2 Å². The van der Waals surface area contributed by atoms with E-state index in [9.17, 15) is 14.4 Å². The number of fused-ring (bicyclic) bond motifs is 1. The lowest BCUT2D eigenvalue weighted by Gasteiger charge is -2.35. The third-order valence-electron chi connectivity index (χ3n) is 4.41. The smallest absolute Gasteiger partial charge is 0.410 e. The number of piperazine rings is 1. The fourth-order valence-corrected chi connectivity index (χ4v) is 3.03. The van der Waals surface area contributed by atoms with Crippen LogP contribution in [-0.2, 0) is 9.57 Å². The number of carbonyl (C=O) groups is 3. The molecule has 0 atom stereocenters. The Kier molecular flexibility index (Phi) is 5.48. The molecule has 1 fully saturated rings. The standard InChI is InChI=1S/C19H25N3O5/c1-19(2,3)27-18(25)21-10-8-20(9-11-21)12-13-26-22-16(23)14-6-4-5-7-15(14)17(22)24/h4-7H,8-13H2,1-3H3. The van der Waals surface area contributed by atoms with Gasteiger partial charge in [-0.25, -0.2) is 4.79 Å². The minimum Gasteiger partial charge on any atom is -0.444 e. The van der Waals surface area contributed by atoms with Gasteiger partial charge in [0, 0.05) is 32.7 Å². The largest absolute Gasteiger partial charge is 0.444 e. The van der Waals surface area contributed by atoms with Crippen LogP contribution < -0.4 is 0 Å². The van der Waals surface area contributed by atoms with Crippen molar-refractivity contribution in [3.05, 3.63) is 35.4 Å². The number of imide groups is 1. The zero-order chi connectivity index (χ0) is 19.6. The predicted octanol–water partition coefficient (Wildman–Crippen LogP) is 1.77. The molecular weight excluding hydrogens is 350 g/mol. The molecule has 0 radical (unpaired) electrons. The van der Waals surface area contributed by atoms with Crippen molar-refractivity contribution in [2.75, 3.05) is 39.3 Å². The van der Waals surface area contributed by atoms with Crippen molar-refractivity contribution in [2.24, 2.45) is 0 Å². The molecule has 0 saturated carbocycles. The Morgan fingerprint density at radius 3 is 2.07 bits per heavy atom. The molecule has 8 nitrogen and oxygen atoms in total. The van der Waals surface area contributed by atoms with Crippen LogP contribution in [0.25, 0.3) is 0 Å². The summed E-state index contributed by atoms with van der Waals surface area (Å²) in [4.78, 5) is 45.8. The number of hydrogen-bond acceptors (Lipinski definition) is 6. The van der Waals surface area contributed by atoms with E-state index in [0.29, 0.717) is 43.9 Å². The van der Waals surface area contributed by atoms with Crippen LogP contribution in [0.5, 0.6) is 0 Å². The van der Waals surface area contributed by atoms with Crippen LogP contribution in [0.15, 0.2) is 24.3 Å². The van der Waals surface area contributed by atoms with Crippen LogP contribution in [0.4, 0.5) is 4.79 Å². The predicted molar refractivity (Wildman–Crippen MR) is 97.1 cm³/mol. The maximum atomic E-state index is 12.2. The second-order valence-electron chi connectivity index (χ2n) is 7.59. The number of nitrogens with zero attached hydrogens (tertiary/aromatic N) is 3. The Balaban J connectivity index is 1.42. The Morgan fingerprint density at radius 2 is 1.56 bits per heavy atom. The maximum Gasteiger partial charge on any atom is 0.410 e. The van der Waals surface area contributed by atoms with Crippen LogP contribution in [0, 0.1) is 0 Å². The van der Waals surface area contributed by atoms with Gasteiger partial charge < -0.3 is 9.64 Å². The molecule has 0 aliphatic carbocycles. The molecule has 2 heterocycles. The molecule has 0 bridgehead atoms.